The zero-order valence-electron chi connectivity index (χ0n) is 11.1. The fourth-order valence-corrected chi connectivity index (χ4v) is 3.86. The van der Waals surface area contributed by atoms with E-state index in [1.54, 1.807) is 7.11 Å². The molecule has 1 aliphatic carbocycles. The summed E-state index contributed by atoms with van der Waals surface area (Å²) >= 11 is 1.82. The Labute approximate surface area is 117 Å². The Balaban J connectivity index is 1.77. The highest BCUT2D eigenvalue weighted by atomic mass is 32.2. The molecule has 1 aromatic carbocycles. The molecule has 4 nitrogen and oxygen atoms in total. The number of aromatic nitrogens is 2. The van der Waals surface area contributed by atoms with Crippen LogP contribution in [0.15, 0.2) is 23.4 Å². The third-order valence-corrected chi connectivity index (χ3v) is 4.79. The van der Waals surface area contributed by atoms with Crippen LogP contribution in [0.5, 0.6) is 5.75 Å². The number of nitrogens with one attached hydrogen (secondary N) is 1. The molecule has 2 aromatic rings. The molecule has 0 aliphatic heterocycles. The summed E-state index contributed by atoms with van der Waals surface area (Å²) in [6.45, 7) is 0. The molecule has 3 N–H and O–H groups in total. The highest BCUT2D eigenvalue weighted by Gasteiger charge is 2.21. The molecular weight excluding hydrogens is 258 g/mol. The van der Waals surface area contributed by atoms with Gasteiger partial charge in [0.25, 0.3) is 0 Å². The van der Waals surface area contributed by atoms with Crippen molar-refractivity contribution in [3.63, 3.8) is 0 Å². The van der Waals surface area contributed by atoms with E-state index in [0.29, 0.717) is 11.3 Å². The number of aromatic amines is 1. The lowest BCUT2D eigenvalue weighted by Crippen LogP contribution is -2.29. The lowest BCUT2D eigenvalue weighted by molar-refractivity contribution is 0.415. The van der Waals surface area contributed by atoms with Crippen LogP contribution in [0, 0.1) is 0 Å². The number of imidazole rings is 1. The van der Waals surface area contributed by atoms with E-state index >= 15 is 0 Å². The second-order valence-corrected chi connectivity index (χ2v) is 6.38. The van der Waals surface area contributed by atoms with Crippen LogP contribution < -0.4 is 10.5 Å². The Morgan fingerprint density at radius 3 is 3.11 bits per heavy atom. The first-order chi connectivity index (χ1) is 9.24. The summed E-state index contributed by atoms with van der Waals surface area (Å²) in [5.41, 5.74) is 8.05. The first-order valence-electron chi connectivity index (χ1n) is 6.70. The van der Waals surface area contributed by atoms with Crippen molar-refractivity contribution >= 4 is 22.8 Å². The third kappa shape index (κ3) is 2.87. The summed E-state index contributed by atoms with van der Waals surface area (Å²) in [5, 5.41) is 1.58. The van der Waals surface area contributed by atoms with Crippen LogP contribution >= 0.6 is 11.8 Å². The third-order valence-electron chi connectivity index (χ3n) is 3.61. The monoisotopic (exact) mass is 277 g/mol. The molecular formula is C14H19N3OS. The Kier molecular flexibility index (Phi) is 3.66. The van der Waals surface area contributed by atoms with Crippen LogP contribution in [0.4, 0.5) is 0 Å². The lowest BCUT2D eigenvalue weighted by Gasteiger charge is -2.25. The van der Waals surface area contributed by atoms with E-state index in [0.717, 1.165) is 34.8 Å². The van der Waals surface area contributed by atoms with Gasteiger partial charge in [-0.2, -0.15) is 0 Å². The molecule has 3 rings (SSSR count). The molecule has 1 aromatic heterocycles. The number of nitrogens with zero attached hydrogens (tertiary/aromatic N) is 1. The topological polar surface area (TPSA) is 63.9 Å². The van der Waals surface area contributed by atoms with Crippen molar-refractivity contribution in [1.29, 1.82) is 0 Å². The molecule has 0 saturated heterocycles. The highest BCUT2D eigenvalue weighted by Crippen LogP contribution is 2.33. The van der Waals surface area contributed by atoms with E-state index in [2.05, 4.69) is 9.97 Å². The zero-order chi connectivity index (χ0) is 13.2. The summed E-state index contributed by atoms with van der Waals surface area (Å²) in [6, 6.07) is 6.27. The van der Waals surface area contributed by atoms with Crippen LogP contribution in [0.1, 0.15) is 25.7 Å². The van der Waals surface area contributed by atoms with Crippen molar-refractivity contribution in [3.8, 4) is 5.75 Å². The quantitative estimate of drug-likeness (QED) is 0.905. The van der Waals surface area contributed by atoms with Crippen LogP contribution in [0.2, 0.25) is 0 Å². The van der Waals surface area contributed by atoms with Crippen LogP contribution in [0.25, 0.3) is 11.0 Å². The minimum absolute atomic E-state index is 0.357. The van der Waals surface area contributed by atoms with Gasteiger partial charge < -0.3 is 15.5 Å². The van der Waals surface area contributed by atoms with Gasteiger partial charge in [0.15, 0.2) is 5.16 Å². The number of methoxy groups -OCH3 is 1. The van der Waals surface area contributed by atoms with E-state index in [1.165, 1.54) is 12.8 Å². The smallest absolute Gasteiger partial charge is 0.166 e. The van der Waals surface area contributed by atoms with Gasteiger partial charge in [0.05, 0.1) is 18.1 Å². The molecule has 0 spiro atoms. The lowest BCUT2D eigenvalue weighted by atomic mass is 9.96. The molecule has 19 heavy (non-hydrogen) atoms. The Morgan fingerprint density at radius 2 is 2.32 bits per heavy atom. The Hall–Kier alpha value is -1.20. The van der Waals surface area contributed by atoms with Crippen molar-refractivity contribution in [3.05, 3.63) is 18.2 Å². The molecule has 5 heteroatoms. The van der Waals surface area contributed by atoms with E-state index in [9.17, 15) is 0 Å². The van der Waals surface area contributed by atoms with Crippen LogP contribution in [-0.4, -0.2) is 28.4 Å². The molecule has 0 amide bonds. The molecule has 2 atom stereocenters. The normalized spacial score (nSPS) is 23.7. The zero-order valence-corrected chi connectivity index (χ0v) is 11.9. The molecule has 102 valence electrons. The molecule has 0 bridgehead atoms. The first-order valence-corrected chi connectivity index (χ1v) is 7.58. The van der Waals surface area contributed by atoms with Gasteiger partial charge in [0.2, 0.25) is 0 Å². The second kappa shape index (κ2) is 5.43. The minimum Gasteiger partial charge on any atom is -0.497 e. The summed E-state index contributed by atoms with van der Waals surface area (Å²) < 4.78 is 5.22. The van der Waals surface area contributed by atoms with Crippen molar-refractivity contribution in [2.24, 2.45) is 5.73 Å². The number of H-pyrrole nitrogens is 1. The fraction of sp³-hybridized carbons (Fsp3) is 0.500. The van der Waals surface area contributed by atoms with Crippen molar-refractivity contribution in [1.82, 2.24) is 9.97 Å². The molecule has 1 saturated carbocycles. The van der Waals surface area contributed by atoms with Gasteiger partial charge in [-0.3, -0.25) is 0 Å². The van der Waals surface area contributed by atoms with Crippen molar-refractivity contribution in [2.75, 3.05) is 7.11 Å². The Morgan fingerprint density at radius 1 is 1.42 bits per heavy atom. The number of hydrogen-bond acceptors (Lipinski definition) is 4. The van der Waals surface area contributed by atoms with Gasteiger partial charge in [-0.05, 0) is 31.4 Å². The summed E-state index contributed by atoms with van der Waals surface area (Å²) in [5.74, 6) is 0.854. The van der Waals surface area contributed by atoms with Crippen LogP contribution in [0.3, 0.4) is 0 Å². The van der Waals surface area contributed by atoms with Gasteiger partial charge >= 0.3 is 0 Å². The van der Waals surface area contributed by atoms with Gasteiger partial charge in [0.1, 0.15) is 5.75 Å². The van der Waals surface area contributed by atoms with Crippen molar-refractivity contribution in [2.45, 2.75) is 42.1 Å². The summed E-state index contributed by atoms with van der Waals surface area (Å²) in [7, 11) is 1.68. The average molecular weight is 277 g/mol. The number of hydrogen-bond donors (Lipinski definition) is 2. The summed E-state index contributed by atoms with van der Waals surface area (Å²) in [4.78, 5) is 7.98. The molecule has 1 fully saturated rings. The molecule has 2 unspecified atom stereocenters. The SMILES string of the molecule is COc1ccc2nc(SC3CCCC(N)C3)[nH]c2c1. The average Bonchev–Trinajstić information content (AvgIpc) is 2.79. The standard InChI is InChI=1S/C14H19N3OS/c1-18-10-5-6-12-13(8-10)17-14(16-12)19-11-4-2-3-9(15)7-11/h5-6,8-9,11H,2-4,7,15H2,1H3,(H,16,17). The van der Waals surface area contributed by atoms with Gasteiger partial charge in [-0.15, -0.1) is 0 Å². The maximum atomic E-state index is 6.03. The number of fused-ring (bicyclic) bond motifs is 1. The molecule has 1 aliphatic rings. The second-order valence-electron chi connectivity index (χ2n) is 5.09. The van der Waals surface area contributed by atoms with E-state index in [1.807, 2.05) is 30.0 Å². The van der Waals surface area contributed by atoms with Crippen LogP contribution in [-0.2, 0) is 0 Å². The predicted molar refractivity (Wildman–Crippen MR) is 78.7 cm³/mol. The Bertz CT molecular complexity index is 569. The van der Waals surface area contributed by atoms with Gasteiger partial charge in [0, 0.05) is 17.4 Å². The minimum atomic E-state index is 0.357. The van der Waals surface area contributed by atoms with E-state index in [4.69, 9.17) is 10.5 Å². The number of nitrogens with two attached hydrogens (primary N) is 1. The van der Waals surface area contributed by atoms with Crippen molar-refractivity contribution < 1.29 is 4.74 Å². The maximum Gasteiger partial charge on any atom is 0.166 e. The largest absolute Gasteiger partial charge is 0.497 e. The maximum absolute atomic E-state index is 6.03. The summed E-state index contributed by atoms with van der Waals surface area (Å²) in [6.07, 6.45) is 4.71. The number of rotatable bonds is 3. The molecule has 0 radical (unpaired) electrons. The highest BCUT2D eigenvalue weighted by molar-refractivity contribution is 7.99. The number of thioether (sulfide) groups is 1. The van der Waals surface area contributed by atoms with Gasteiger partial charge in [-0.25, -0.2) is 4.98 Å². The van der Waals surface area contributed by atoms with E-state index in [-0.39, 0.29) is 0 Å². The van der Waals surface area contributed by atoms with Gasteiger partial charge in [-0.1, -0.05) is 18.2 Å². The first kappa shape index (κ1) is 12.8. The fourth-order valence-electron chi connectivity index (χ4n) is 2.59. The molecule has 1 heterocycles. The number of ether oxygens (including phenoxy) is 1. The predicted octanol–water partition coefficient (Wildman–Crippen LogP) is 2.93. The number of benzene rings is 1. The van der Waals surface area contributed by atoms with E-state index < -0.39 is 0 Å².